The zero-order chi connectivity index (χ0) is 13.7. The van der Waals surface area contributed by atoms with E-state index < -0.39 is 0 Å². The fraction of sp³-hybridized carbons (Fsp3) is 0.933. The summed E-state index contributed by atoms with van der Waals surface area (Å²) in [6, 6.07) is 0.731. The summed E-state index contributed by atoms with van der Waals surface area (Å²) in [6.07, 6.45) is 5.05. The summed E-state index contributed by atoms with van der Waals surface area (Å²) >= 11 is 2.08. The molecule has 4 heteroatoms. The molecule has 0 bridgehead atoms. The number of hydrogen-bond acceptors (Lipinski definition) is 3. The molecule has 1 N–H and O–H groups in total. The minimum Gasteiger partial charge on any atom is -0.342 e. The summed E-state index contributed by atoms with van der Waals surface area (Å²) < 4.78 is 0. The Kier molecular flexibility index (Phi) is 6.02. The van der Waals surface area contributed by atoms with Crippen molar-refractivity contribution in [3.63, 3.8) is 0 Å². The van der Waals surface area contributed by atoms with E-state index >= 15 is 0 Å². The molecule has 0 aromatic heterocycles. The molecule has 0 aliphatic carbocycles. The molecule has 0 spiro atoms. The van der Waals surface area contributed by atoms with Crippen molar-refractivity contribution in [3.05, 3.63) is 0 Å². The third-order valence-electron chi connectivity index (χ3n) is 4.28. The minimum atomic E-state index is 0.147. The molecule has 1 amide bonds. The average molecular weight is 284 g/mol. The van der Waals surface area contributed by atoms with Gasteiger partial charge in [-0.25, -0.2) is 0 Å². The van der Waals surface area contributed by atoms with Gasteiger partial charge in [-0.2, -0.15) is 11.8 Å². The van der Waals surface area contributed by atoms with E-state index in [1.807, 2.05) is 13.8 Å². The molecular formula is C15H28N2OS. The predicted molar refractivity (Wildman–Crippen MR) is 82.5 cm³/mol. The molecule has 0 radical (unpaired) electrons. The minimum absolute atomic E-state index is 0.147. The van der Waals surface area contributed by atoms with E-state index in [0.717, 1.165) is 31.6 Å². The van der Waals surface area contributed by atoms with Gasteiger partial charge < -0.3 is 10.2 Å². The molecule has 2 rings (SSSR count). The third-order valence-corrected chi connectivity index (χ3v) is 5.49. The number of carbonyl (C=O) groups is 1. The van der Waals surface area contributed by atoms with Crippen LogP contribution in [0.3, 0.4) is 0 Å². The molecule has 0 aromatic rings. The van der Waals surface area contributed by atoms with Crippen molar-refractivity contribution in [3.8, 4) is 0 Å². The zero-order valence-corrected chi connectivity index (χ0v) is 13.2. The highest BCUT2D eigenvalue weighted by Gasteiger charge is 2.24. The van der Waals surface area contributed by atoms with Crippen LogP contribution in [0.15, 0.2) is 0 Å². The van der Waals surface area contributed by atoms with Crippen LogP contribution in [-0.4, -0.2) is 48.0 Å². The number of piperidine rings is 1. The molecule has 2 fully saturated rings. The van der Waals surface area contributed by atoms with Crippen molar-refractivity contribution in [1.29, 1.82) is 0 Å². The van der Waals surface area contributed by atoms with Crippen molar-refractivity contribution in [1.82, 2.24) is 10.2 Å². The molecule has 0 saturated carbocycles. The summed E-state index contributed by atoms with van der Waals surface area (Å²) in [4.78, 5) is 14.0. The van der Waals surface area contributed by atoms with Gasteiger partial charge in [0.25, 0.3) is 0 Å². The Morgan fingerprint density at radius 1 is 1.32 bits per heavy atom. The van der Waals surface area contributed by atoms with Gasteiger partial charge in [0.05, 0.1) is 0 Å². The lowest BCUT2D eigenvalue weighted by molar-refractivity contribution is -0.135. The van der Waals surface area contributed by atoms with Gasteiger partial charge in [-0.05, 0) is 43.9 Å². The molecule has 110 valence electrons. The maximum atomic E-state index is 11.9. The highest BCUT2D eigenvalue weighted by Crippen LogP contribution is 2.20. The molecule has 3 nitrogen and oxygen atoms in total. The van der Waals surface area contributed by atoms with E-state index in [2.05, 4.69) is 22.0 Å². The van der Waals surface area contributed by atoms with E-state index in [1.54, 1.807) is 0 Å². The highest BCUT2D eigenvalue weighted by molar-refractivity contribution is 7.99. The second kappa shape index (κ2) is 7.53. The van der Waals surface area contributed by atoms with Crippen LogP contribution in [0.4, 0.5) is 0 Å². The normalized spacial score (nSPS) is 25.8. The second-order valence-electron chi connectivity index (χ2n) is 6.25. The van der Waals surface area contributed by atoms with Gasteiger partial charge in [0.15, 0.2) is 0 Å². The maximum absolute atomic E-state index is 11.9. The summed E-state index contributed by atoms with van der Waals surface area (Å²) in [5.74, 6) is 3.87. The number of hydrogen-bond donors (Lipinski definition) is 1. The Balaban J connectivity index is 1.64. The molecule has 0 unspecified atom stereocenters. The maximum Gasteiger partial charge on any atom is 0.225 e. The Bertz CT molecular complexity index is 282. The third kappa shape index (κ3) is 4.67. The van der Waals surface area contributed by atoms with Crippen molar-refractivity contribution < 1.29 is 4.79 Å². The Hall–Kier alpha value is -0.220. The first-order chi connectivity index (χ1) is 9.16. The summed E-state index contributed by atoms with van der Waals surface area (Å²) in [5.41, 5.74) is 0. The highest BCUT2D eigenvalue weighted by atomic mass is 32.2. The first kappa shape index (κ1) is 15.2. The Morgan fingerprint density at radius 3 is 2.63 bits per heavy atom. The zero-order valence-electron chi connectivity index (χ0n) is 12.4. The van der Waals surface area contributed by atoms with Crippen LogP contribution in [0.5, 0.6) is 0 Å². The predicted octanol–water partition coefficient (Wildman–Crippen LogP) is 2.37. The van der Waals surface area contributed by atoms with Gasteiger partial charge in [-0.1, -0.05) is 13.8 Å². The van der Waals surface area contributed by atoms with Crippen LogP contribution < -0.4 is 5.32 Å². The van der Waals surface area contributed by atoms with Gasteiger partial charge in [-0.15, -0.1) is 0 Å². The number of nitrogens with zero attached hydrogens (tertiary/aromatic N) is 1. The summed E-state index contributed by atoms with van der Waals surface area (Å²) in [6.45, 7) is 7.06. The Labute approximate surface area is 121 Å². The van der Waals surface area contributed by atoms with Crippen molar-refractivity contribution >= 4 is 17.7 Å². The Morgan fingerprint density at radius 2 is 2.05 bits per heavy atom. The molecule has 0 aromatic carbocycles. The van der Waals surface area contributed by atoms with Crippen LogP contribution in [-0.2, 0) is 4.79 Å². The van der Waals surface area contributed by atoms with E-state index in [9.17, 15) is 4.79 Å². The smallest absolute Gasteiger partial charge is 0.225 e. The first-order valence-electron chi connectivity index (χ1n) is 7.76. The number of carbonyl (C=O) groups excluding carboxylic acids is 1. The topological polar surface area (TPSA) is 32.3 Å². The van der Waals surface area contributed by atoms with Crippen LogP contribution in [0.2, 0.25) is 0 Å². The average Bonchev–Trinajstić information content (AvgIpc) is 2.46. The lowest BCUT2D eigenvalue weighted by Gasteiger charge is -2.34. The number of amides is 1. The summed E-state index contributed by atoms with van der Waals surface area (Å²) in [7, 11) is 0. The van der Waals surface area contributed by atoms with Gasteiger partial charge in [0.2, 0.25) is 5.91 Å². The largest absolute Gasteiger partial charge is 0.342 e. The second-order valence-corrected chi connectivity index (χ2v) is 7.40. The van der Waals surface area contributed by atoms with E-state index in [-0.39, 0.29) is 5.92 Å². The van der Waals surface area contributed by atoms with Crippen LogP contribution >= 0.6 is 11.8 Å². The fourth-order valence-corrected chi connectivity index (χ4v) is 4.06. The molecule has 19 heavy (non-hydrogen) atoms. The lowest BCUT2D eigenvalue weighted by atomic mass is 9.95. The standard InChI is InChI=1S/C15H28N2OS/c1-12(2)15(18)17-7-5-13(6-8-17)10-16-14-4-3-9-19-11-14/h12-14,16H,3-11H2,1-2H3/t14-/m0/s1. The van der Waals surface area contributed by atoms with Gasteiger partial charge in [-0.3, -0.25) is 4.79 Å². The number of nitrogens with one attached hydrogen (secondary N) is 1. The van der Waals surface area contributed by atoms with E-state index in [0.29, 0.717) is 5.91 Å². The lowest BCUT2D eigenvalue weighted by Crippen LogP contribution is -2.44. The van der Waals surface area contributed by atoms with Crippen LogP contribution in [0.1, 0.15) is 39.5 Å². The number of likely N-dealkylation sites (tertiary alicyclic amines) is 1. The molecule has 1 atom stereocenters. The molecule has 2 aliphatic heterocycles. The van der Waals surface area contributed by atoms with Gasteiger partial charge >= 0.3 is 0 Å². The molecule has 2 aliphatic rings. The first-order valence-corrected chi connectivity index (χ1v) is 8.92. The molecule has 2 heterocycles. The monoisotopic (exact) mass is 284 g/mol. The van der Waals surface area contributed by atoms with Crippen LogP contribution in [0, 0.1) is 11.8 Å². The summed E-state index contributed by atoms with van der Waals surface area (Å²) in [5, 5.41) is 3.73. The fourth-order valence-electron chi connectivity index (χ4n) is 2.96. The quantitative estimate of drug-likeness (QED) is 0.860. The van der Waals surface area contributed by atoms with Gasteiger partial charge in [0, 0.05) is 30.8 Å². The van der Waals surface area contributed by atoms with E-state index in [1.165, 1.54) is 37.2 Å². The number of thioether (sulfide) groups is 1. The molecule has 2 saturated heterocycles. The van der Waals surface area contributed by atoms with Crippen molar-refractivity contribution in [2.75, 3.05) is 31.1 Å². The SMILES string of the molecule is CC(C)C(=O)N1CCC(CN[C@H]2CCCSC2)CC1. The van der Waals surface area contributed by atoms with Crippen molar-refractivity contribution in [2.24, 2.45) is 11.8 Å². The van der Waals surface area contributed by atoms with Crippen molar-refractivity contribution in [2.45, 2.75) is 45.6 Å². The van der Waals surface area contributed by atoms with Crippen LogP contribution in [0.25, 0.3) is 0 Å². The van der Waals surface area contributed by atoms with E-state index in [4.69, 9.17) is 0 Å². The van der Waals surface area contributed by atoms with Gasteiger partial charge in [0.1, 0.15) is 0 Å². The molecular weight excluding hydrogens is 256 g/mol. The number of rotatable bonds is 4.